The summed E-state index contributed by atoms with van der Waals surface area (Å²) in [6, 6.07) is 5.85. The Morgan fingerprint density at radius 2 is 2.14 bits per heavy atom. The van der Waals surface area contributed by atoms with Crippen molar-refractivity contribution in [3.8, 4) is 11.1 Å². The molecule has 0 amide bonds. The van der Waals surface area contributed by atoms with E-state index in [9.17, 15) is 0 Å². The van der Waals surface area contributed by atoms with Gasteiger partial charge in [-0.15, -0.1) is 0 Å². The van der Waals surface area contributed by atoms with Gasteiger partial charge < -0.3 is 20.9 Å². The topological polar surface area (TPSA) is 82.9 Å². The van der Waals surface area contributed by atoms with Crippen LogP contribution in [0.1, 0.15) is 0 Å². The molecule has 3 aromatic heterocycles. The number of hydrogen-bond acceptors (Lipinski definition) is 5. The molecule has 0 radical (unpaired) electrons. The van der Waals surface area contributed by atoms with Gasteiger partial charge in [-0.1, -0.05) is 0 Å². The molecule has 0 saturated heterocycles. The van der Waals surface area contributed by atoms with E-state index in [4.69, 9.17) is 5.73 Å². The Hall–Kier alpha value is -2.60. The third kappa shape index (κ3) is 2.87. The summed E-state index contributed by atoms with van der Waals surface area (Å²) in [5.41, 5.74) is 9.61. The number of rotatable bonds is 5. The molecule has 0 aromatic carbocycles. The Morgan fingerprint density at radius 1 is 1.27 bits per heavy atom. The van der Waals surface area contributed by atoms with Gasteiger partial charge in [-0.25, -0.2) is 4.98 Å². The first-order chi connectivity index (χ1) is 10.6. The van der Waals surface area contributed by atoms with Crippen LogP contribution in [0.2, 0.25) is 0 Å². The van der Waals surface area contributed by atoms with Crippen LogP contribution in [-0.2, 0) is 0 Å². The number of likely N-dealkylation sites (N-methyl/N-ethyl adjacent to an activating group) is 1. The van der Waals surface area contributed by atoms with Gasteiger partial charge in [0, 0.05) is 48.3 Å². The van der Waals surface area contributed by atoms with Crippen molar-refractivity contribution in [2.24, 2.45) is 0 Å². The second-order valence-electron chi connectivity index (χ2n) is 5.49. The molecule has 0 fully saturated rings. The maximum absolute atomic E-state index is 6.10. The van der Waals surface area contributed by atoms with Crippen molar-refractivity contribution in [1.29, 1.82) is 0 Å². The van der Waals surface area contributed by atoms with Gasteiger partial charge in [-0.3, -0.25) is 4.98 Å². The molecule has 114 valence electrons. The lowest BCUT2D eigenvalue weighted by atomic mass is 10.0. The number of aromatic nitrogens is 3. The number of nitrogens with zero attached hydrogens (tertiary/aromatic N) is 3. The van der Waals surface area contributed by atoms with E-state index >= 15 is 0 Å². The van der Waals surface area contributed by atoms with Crippen LogP contribution in [0.25, 0.3) is 22.2 Å². The highest BCUT2D eigenvalue weighted by molar-refractivity contribution is 5.97. The molecule has 0 aliphatic heterocycles. The zero-order valence-electron chi connectivity index (χ0n) is 12.8. The SMILES string of the molecule is CN(C)CCNc1cc(-c2cnccc2N)c2cc[nH]c2n1. The third-order valence-corrected chi connectivity index (χ3v) is 3.54. The van der Waals surface area contributed by atoms with Crippen molar-refractivity contribution < 1.29 is 0 Å². The number of nitrogens with one attached hydrogen (secondary N) is 2. The molecule has 0 aliphatic carbocycles. The van der Waals surface area contributed by atoms with Crippen LogP contribution >= 0.6 is 0 Å². The Labute approximate surface area is 129 Å². The summed E-state index contributed by atoms with van der Waals surface area (Å²) in [5, 5.41) is 4.39. The van der Waals surface area contributed by atoms with Crippen LogP contribution in [0.15, 0.2) is 36.8 Å². The average Bonchev–Trinajstić information content (AvgIpc) is 2.95. The van der Waals surface area contributed by atoms with Gasteiger partial charge in [-0.2, -0.15) is 0 Å². The van der Waals surface area contributed by atoms with Crippen LogP contribution in [0, 0.1) is 0 Å². The number of anilines is 2. The lowest BCUT2D eigenvalue weighted by Gasteiger charge is -2.13. The minimum atomic E-state index is 0.711. The van der Waals surface area contributed by atoms with Crippen LogP contribution in [0.3, 0.4) is 0 Å². The number of H-pyrrole nitrogens is 1. The first-order valence-electron chi connectivity index (χ1n) is 7.22. The summed E-state index contributed by atoms with van der Waals surface area (Å²) in [7, 11) is 4.09. The van der Waals surface area contributed by atoms with E-state index in [0.29, 0.717) is 5.69 Å². The van der Waals surface area contributed by atoms with E-state index in [1.165, 1.54) is 0 Å². The molecular formula is C16H20N6. The molecule has 6 nitrogen and oxygen atoms in total. The maximum atomic E-state index is 6.10. The molecule has 0 saturated carbocycles. The van der Waals surface area contributed by atoms with E-state index in [-0.39, 0.29) is 0 Å². The van der Waals surface area contributed by atoms with E-state index < -0.39 is 0 Å². The van der Waals surface area contributed by atoms with Crippen molar-refractivity contribution in [3.63, 3.8) is 0 Å². The van der Waals surface area contributed by atoms with Gasteiger partial charge in [0.15, 0.2) is 0 Å². The summed E-state index contributed by atoms with van der Waals surface area (Å²) < 4.78 is 0. The highest BCUT2D eigenvalue weighted by atomic mass is 15.1. The van der Waals surface area contributed by atoms with Crippen LogP contribution in [0.4, 0.5) is 11.5 Å². The summed E-state index contributed by atoms with van der Waals surface area (Å²) in [5.74, 6) is 0.829. The van der Waals surface area contributed by atoms with Crippen molar-refractivity contribution in [2.75, 3.05) is 38.2 Å². The van der Waals surface area contributed by atoms with Crippen molar-refractivity contribution in [3.05, 3.63) is 36.8 Å². The predicted molar refractivity (Wildman–Crippen MR) is 90.8 cm³/mol. The Balaban J connectivity index is 2.01. The van der Waals surface area contributed by atoms with Gasteiger partial charge in [0.05, 0.1) is 0 Å². The molecule has 0 bridgehead atoms. The first-order valence-corrected chi connectivity index (χ1v) is 7.22. The lowest BCUT2D eigenvalue weighted by Crippen LogP contribution is -2.21. The highest BCUT2D eigenvalue weighted by Gasteiger charge is 2.11. The first kappa shape index (κ1) is 14.3. The second kappa shape index (κ2) is 6.03. The molecule has 4 N–H and O–H groups in total. The van der Waals surface area contributed by atoms with Gasteiger partial charge >= 0.3 is 0 Å². The highest BCUT2D eigenvalue weighted by Crippen LogP contribution is 2.32. The van der Waals surface area contributed by atoms with Crippen molar-refractivity contribution in [1.82, 2.24) is 19.9 Å². The van der Waals surface area contributed by atoms with E-state index in [0.717, 1.165) is 41.1 Å². The fourth-order valence-corrected chi connectivity index (χ4v) is 2.39. The molecule has 3 heterocycles. The molecule has 0 atom stereocenters. The number of hydrogen-bond donors (Lipinski definition) is 3. The molecule has 3 aromatic rings. The monoisotopic (exact) mass is 296 g/mol. The van der Waals surface area contributed by atoms with E-state index in [1.54, 1.807) is 12.4 Å². The minimum Gasteiger partial charge on any atom is -0.398 e. The molecule has 3 rings (SSSR count). The maximum Gasteiger partial charge on any atom is 0.140 e. The normalized spacial score (nSPS) is 11.2. The zero-order valence-corrected chi connectivity index (χ0v) is 12.8. The number of nitrogens with two attached hydrogens (primary N) is 1. The number of pyridine rings is 2. The molecule has 6 heteroatoms. The number of nitrogen functional groups attached to an aromatic ring is 1. The van der Waals surface area contributed by atoms with E-state index in [1.807, 2.05) is 38.5 Å². The summed E-state index contributed by atoms with van der Waals surface area (Å²) in [6.07, 6.45) is 5.38. The summed E-state index contributed by atoms with van der Waals surface area (Å²) >= 11 is 0. The molecule has 0 aliphatic rings. The summed E-state index contributed by atoms with van der Waals surface area (Å²) in [6.45, 7) is 1.77. The third-order valence-electron chi connectivity index (χ3n) is 3.54. The van der Waals surface area contributed by atoms with Gasteiger partial charge in [0.1, 0.15) is 11.5 Å². The molecule has 22 heavy (non-hydrogen) atoms. The lowest BCUT2D eigenvalue weighted by molar-refractivity contribution is 0.425. The van der Waals surface area contributed by atoms with Crippen molar-refractivity contribution in [2.45, 2.75) is 0 Å². The molecular weight excluding hydrogens is 276 g/mol. The van der Waals surface area contributed by atoms with Crippen LogP contribution in [-0.4, -0.2) is 47.0 Å². The van der Waals surface area contributed by atoms with Gasteiger partial charge in [-0.05, 0) is 37.9 Å². The minimum absolute atomic E-state index is 0.711. The Bertz CT molecular complexity index is 777. The Kier molecular flexibility index (Phi) is 3.93. The second-order valence-corrected chi connectivity index (χ2v) is 5.49. The fraction of sp³-hybridized carbons (Fsp3) is 0.250. The summed E-state index contributed by atoms with van der Waals surface area (Å²) in [4.78, 5) is 14.1. The Morgan fingerprint density at radius 3 is 2.91 bits per heavy atom. The van der Waals surface area contributed by atoms with E-state index in [2.05, 4.69) is 25.2 Å². The smallest absolute Gasteiger partial charge is 0.140 e. The average molecular weight is 296 g/mol. The van der Waals surface area contributed by atoms with Crippen LogP contribution < -0.4 is 11.1 Å². The standard InChI is InChI=1S/C16H20N6/c1-22(2)8-7-19-15-9-12(11-3-6-20-16(11)21-15)13-10-18-5-4-14(13)17/h3-6,9-10H,7-8H2,1-2H3,(H2,17,18)(H2,19,20,21). The fourth-order valence-electron chi connectivity index (χ4n) is 2.39. The molecule has 0 unspecified atom stereocenters. The predicted octanol–water partition coefficient (Wildman–Crippen LogP) is 2.18. The van der Waals surface area contributed by atoms with Gasteiger partial charge in [0.25, 0.3) is 0 Å². The largest absolute Gasteiger partial charge is 0.398 e. The van der Waals surface area contributed by atoms with Crippen molar-refractivity contribution >= 4 is 22.5 Å². The zero-order chi connectivity index (χ0) is 15.5. The number of fused-ring (bicyclic) bond motifs is 1. The quantitative estimate of drug-likeness (QED) is 0.672. The van der Waals surface area contributed by atoms with Gasteiger partial charge in [0.2, 0.25) is 0 Å². The molecule has 0 spiro atoms. The van der Waals surface area contributed by atoms with Crippen LogP contribution in [0.5, 0.6) is 0 Å². The number of aromatic amines is 1.